The highest BCUT2D eigenvalue weighted by Gasteiger charge is 2.25. The summed E-state index contributed by atoms with van der Waals surface area (Å²) in [6.45, 7) is 4.10. The number of esters is 1. The highest BCUT2D eigenvalue weighted by atomic mass is 35.5. The minimum Gasteiger partial charge on any atom is -0.490 e. The van der Waals surface area contributed by atoms with Crippen molar-refractivity contribution in [2.75, 3.05) is 26.3 Å². The molecule has 2 aromatic carbocycles. The van der Waals surface area contributed by atoms with E-state index < -0.39 is 16.0 Å². The molecule has 0 N–H and O–H groups in total. The molecule has 0 spiro atoms. The molecule has 0 fully saturated rings. The summed E-state index contributed by atoms with van der Waals surface area (Å²) >= 11 is 6.06. The summed E-state index contributed by atoms with van der Waals surface area (Å²) in [4.78, 5) is 12.1. The van der Waals surface area contributed by atoms with Crippen LogP contribution in [0.4, 0.5) is 0 Å². The van der Waals surface area contributed by atoms with Gasteiger partial charge in [-0.3, -0.25) is 0 Å². The van der Waals surface area contributed by atoms with Gasteiger partial charge in [-0.25, -0.2) is 13.2 Å². The van der Waals surface area contributed by atoms with E-state index in [4.69, 9.17) is 26.3 Å². The molecular weight excluding hydrogens is 416 g/mol. The lowest BCUT2D eigenvalue weighted by atomic mass is 10.2. The van der Waals surface area contributed by atoms with E-state index in [0.29, 0.717) is 11.3 Å². The van der Waals surface area contributed by atoms with Crippen molar-refractivity contribution in [3.63, 3.8) is 0 Å². The highest BCUT2D eigenvalue weighted by Crippen LogP contribution is 2.26. The Kier molecular flexibility index (Phi) is 8.02. The number of ether oxygens (including phenoxy) is 2. The van der Waals surface area contributed by atoms with Gasteiger partial charge in [0.05, 0.1) is 22.2 Å². The fourth-order valence-electron chi connectivity index (χ4n) is 2.53. The average molecular weight is 437 g/mol. The van der Waals surface area contributed by atoms with Crippen LogP contribution >= 0.6 is 11.6 Å². The predicted octanol–water partition coefficient (Wildman–Crippen LogP) is 3.48. The van der Waals surface area contributed by atoms with Gasteiger partial charge in [-0.15, -0.1) is 0 Å². The van der Waals surface area contributed by atoms with E-state index in [0.717, 1.165) is 0 Å². The van der Waals surface area contributed by atoms with Crippen LogP contribution < -0.4 is 4.74 Å². The molecule has 0 heterocycles. The van der Waals surface area contributed by atoms with Crippen molar-refractivity contribution in [1.82, 2.24) is 4.31 Å². The summed E-state index contributed by atoms with van der Waals surface area (Å²) in [5.74, 6) is -0.139. The van der Waals surface area contributed by atoms with E-state index in [1.807, 2.05) is 6.07 Å². The van der Waals surface area contributed by atoms with Crippen LogP contribution in [0, 0.1) is 11.3 Å². The van der Waals surface area contributed by atoms with E-state index in [2.05, 4.69) is 0 Å². The number of benzene rings is 2. The number of hydrogen-bond donors (Lipinski definition) is 0. The Morgan fingerprint density at radius 2 is 1.76 bits per heavy atom. The minimum atomic E-state index is -3.81. The molecule has 0 saturated heterocycles. The molecule has 0 radical (unpaired) electrons. The van der Waals surface area contributed by atoms with Crippen molar-refractivity contribution in [2.45, 2.75) is 18.7 Å². The van der Waals surface area contributed by atoms with Crippen molar-refractivity contribution < 1.29 is 22.7 Å². The van der Waals surface area contributed by atoms with Crippen LogP contribution in [-0.2, 0) is 14.8 Å². The SMILES string of the molecule is CCN(CC)S(=O)(=O)c1cc(C(=O)OCCOc2ccc(C#N)cc2)ccc1Cl. The minimum absolute atomic E-state index is 0.0282. The molecule has 0 aliphatic rings. The van der Waals surface area contributed by atoms with Gasteiger partial charge in [0.15, 0.2) is 0 Å². The number of nitriles is 1. The number of carbonyl (C=O) groups is 1. The van der Waals surface area contributed by atoms with Gasteiger partial charge >= 0.3 is 5.97 Å². The molecular formula is C20H21ClN2O5S. The second kappa shape index (κ2) is 10.3. The first kappa shape index (κ1) is 22.7. The van der Waals surface area contributed by atoms with Gasteiger partial charge in [-0.1, -0.05) is 25.4 Å². The number of nitrogens with zero attached hydrogens (tertiary/aromatic N) is 2. The number of halogens is 1. The lowest BCUT2D eigenvalue weighted by Crippen LogP contribution is -2.31. The van der Waals surface area contributed by atoms with Crippen molar-refractivity contribution in [3.05, 3.63) is 58.6 Å². The van der Waals surface area contributed by atoms with Gasteiger partial charge in [0, 0.05) is 13.1 Å². The Bertz CT molecular complexity index is 997. The molecule has 0 bridgehead atoms. The van der Waals surface area contributed by atoms with Gasteiger partial charge in [-0.05, 0) is 42.5 Å². The Morgan fingerprint density at radius 1 is 1.10 bits per heavy atom. The van der Waals surface area contributed by atoms with Crippen LogP contribution in [0.15, 0.2) is 47.4 Å². The fraction of sp³-hybridized carbons (Fsp3) is 0.300. The van der Waals surface area contributed by atoms with E-state index in [1.165, 1.54) is 22.5 Å². The zero-order valence-electron chi connectivity index (χ0n) is 16.1. The molecule has 0 amide bonds. The Hall–Kier alpha value is -2.60. The maximum Gasteiger partial charge on any atom is 0.338 e. The molecule has 0 saturated carbocycles. The summed E-state index contributed by atoms with van der Waals surface area (Å²) in [5.41, 5.74) is 0.598. The molecule has 2 aromatic rings. The number of rotatable bonds is 9. The van der Waals surface area contributed by atoms with Gasteiger partial charge in [0.1, 0.15) is 23.9 Å². The lowest BCUT2D eigenvalue weighted by molar-refractivity contribution is 0.0450. The first-order valence-corrected chi connectivity index (χ1v) is 10.7. The second-order valence-corrected chi connectivity index (χ2v) is 8.17. The summed E-state index contributed by atoms with van der Waals surface area (Å²) in [7, 11) is -3.81. The third kappa shape index (κ3) is 5.70. The Labute approximate surface area is 175 Å². The van der Waals surface area contributed by atoms with Gasteiger partial charge < -0.3 is 9.47 Å². The van der Waals surface area contributed by atoms with Crippen molar-refractivity contribution in [1.29, 1.82) is 5.26 Å². The molecule has 7 nitrogen and oxygen atoms in total. The third-order valence-electron chi connectivity index (χ3n) is 4.06. The highest BCUT2D eigenvalue weighted by molar-refractivity contribution is 7.89. The van der Waals surface area contributed by atoms with Crippen LogP contribution in [0.1, 0.15) is 29.8 Å². The van der Waals surface area contributed by atoms with Crippen LogP contribution in [0.2, 0.25) is 5.02 Å². The number of carbonyl (C=O) groups excluding carboxylic acids is 1. The molecule has 2 rings (SSSR count). The standard InChI is InChI=1S/C20H21ClN2O5S/c1-3-23(4-2)29(25,26)19-13-16(7-10-18(19)21)20(24)28-12-11-27-17-8-5-15(14-22)6-9-17/h5-10,13H,3-4,11-12H2,1-2H3. The predicted molar refractivity (Wildman–Crippen MR) is 108 cm³/mol. The van der Waals surface area contributed by atoms with E-state index in [9.17, 15) is 13.2 Å². The molecule has 0 aliphatic carbocycles. The second-order valence-electron chi connectivity index (χ2n) is 5.86. The van der Waals surface area contributed by atoms with Gasteiger partial charge in [-0.2, -0.15) is 9.57 Å². The number of sulfonamides is 1. The smallest absolute Gasteiger partial charge is 0.338 e. The van der Waals surface area contributed by atoms with E-state index >= 15 is 0 Å². The van der Waals surface area contributed by atoms with Crippen LogP contribution in [0.3, 0.4) is 0 Å². The largest absolute Gasteiger partial charge is 0.490 e. The molecule has 154 valence electrons. The summed E-state index contributed by atoms with van der Waals surface area (Å²) in [5, 5.41) is 8.80. The van der Waals surface area contributed by atoms with E-state index in [1.54, 1.807) is 38.1 Å². The summed E-state index contributed by atoms with van der Waals surface area (Å²) < 4.78 is 37.3. The van der Waals surface area contributed by atoms with Crippen LogP contribution in [0.5, 0.6) is 5.75 Å². The first-order valence-electron chi connectivity index (χ1n) is 8.93. The normalized spacial score (nSPS) is 11.1. The number of hydrogen-bond acceptors (Lipinski definition) is 6. The maximum absolute atomic E-state index is 12.7. The average Bonchev–Trinajstić information content (AvgIpc) is 2.72. The molecule has 29 heavy (non-hydrogen) atoms. The van der Waals surface area contributed by atoms with Gasteiger partial charge in [0.2, 0.25) is 10.0 Å². The van der Waals surface area contributed by atoms with Crippen LogP contribution in [-0.4, -0.2) is 45.0 Å². The summed E-state index contributed by atoms with van der Waals surface area (Å²) in [6, 6.07) is 12.5. The zero-order chi connectivity index (χ0) is 21.4. The topological polar surface area (TPSA) is 96.7 Å². The van der Waals surface area contributed by atoms with Crippen molar-refractivity contribution in [3.8, 4) is 11.8 Å². The first-order chi connectivity index (χ1) is 13.8. The van der Waals surface area contributed by atoms with E-state index in [-0.39, 0.29) is 41.8 Å². The molecule has 0 aliphatic heterocycles. The molecule has 0 unspecified atom stereocenters. The molecule has 9 heteroatoms. The Morgan fingerprint density at radius 3 is 2.34 bits per heavy atom. The molecule has 0 atom stereocenters. The quantitative estimate of drug-likeness (QED) is 0.441. The van der Waals surface area contributed by atoms with Crippen molar-refractivity contribution >= 4 is 27.6 Å². The third-order valence-corrected chi connectivity index (χ3v) is 6.59. The monoisotopic (exact) mass is 436 g/mol. The van der Waals surface area contributed by atoms with Crippen LogP contribution in [0.25, 0.3) is 0 Å². The molecule has 0 aromatic heterocycles. The van der Waals surface area contributed by atoms with Gasteiger partial charge in [0.25, 0.3) is 0 Å². The summed E-state index contributed by atoms with van der Waals surface area (Å²) in [6.07, 6.45) is 0. The Balaban J connectivity index is 2.01. The maximum atomic E-state index is 12.7. The zero-order valence-corrected chi connectivity index (χ0v) is 17.7. The lowest BCUT2D eigenvalue weighted by Gasteiger charge is -2.19. The van der Waals surface area contributed by atoms with Crippen molar-refractivity contribution in [2.24, 2.45) is 0 Å². The fourth-order valence-corrected chi connectivity index (χ4v) is 4.49.